The molecule has 19 heavy (non-hydrogen) atoms. The molecule has 0 fully saturated rings. The Bertz CT molecular complexity index is 807. The summed E-state index contributed by atoms with van der Waals surface area (Å²) in [5.74, 6) is 0. The quantitative estimate of drug-likeness (QED) is 0.582. The van der Waals surface area contributed by atoms with Crippen molar-refractivity contribution in [3.8, 4) is 5.69 Å². The van der Waals surface area contributed by atoms with E-state index in [1.54, 1.807) is 11.8 Å². The number of hydrogen-bond donors (Lipinski definition) is 1. The summed E-state index contributed by atoms with van der Waals surface area (Å²) in [4.78, 5) is 18.8. The van der Waals surface area contributed by atoms with Crippen molar-refractivity contribution in [3.63, 3.8) is 0 Å². The van der Waals surface area contributed by atoms with E-state index in [1.807, 2.05) is 23.0 Å². The molecular formula is C13H12N3OS2+. The first-order valence-electron chi connectivity index (χ1n) is 5.74. The molecule has 1 aromatic carbocycles. The maximum absolute atomic E-state index is 11.9. The molecule has 0 aliphatic carbocycles. The molecule has 0 saturated carbocycles. The molecule has 2 heterocycles. The summed E-state index contributed by atoms with van der Waals surface area (Å²) < 4.78 is 3.74. The Kier molecular flexibility index (Phi) is 3.12. The fraction of sp³-hybridized carbons (Fsp3) is 0.154. The Morgan fingerprint density at radius 1 is 1.42 bits per heavy atom. The lowest BCUT2D eigenvalue weighted by molar-refractivity contribution is -0.603. The van der Waals surface area contributed by atoms with Gasteiger partial charge in [-0.1, -0.05) is 35.2 Å². The molecule has 0 amide bonds. The molecule has 0 spiro atoms. The number of aromatic nitrogens is 3. The molecule has 0 bridgehead atoms. The van der Waals surface area contributed by atoms with Crippen LogP contribution in [0.3, 0.4) is 0 Å². The molecule has 0 unspecified atom stereocenters. The molecule has 4 nitrogen and oxygen atoms in total. The van der Waals surface area contributed by atoms with E-state index in [-0.39, 0.29) is 5.56 Å². The zero-order chi connectivity index (χ0) is 13.4. The maximum atomic E-state index is 11.9. The third-order valence-electron chi connectivity index (χ3n) is 2.81. The van der Waals surface area contributed by atoms with Gasteiger partial charge in [0, 0.05) is 0 Å². The minimum atomic E-state index is -0.0864. The van der Waals surface area contributed by atoms with Crippen LogP contribution < -0.4 is 10.1 Å². The minimum absolute atomic E-state index is 0.0864. The first-order valence-corrected chi connectivity index (χ1v) is 7.78. The van der Waals surface area contributed by atoms with Crippen LogP contribution in [0.5, 0.6) is 0 Å². The van der Waals surface area contributed by atoms with E-state index >= 15 is 0 Å². The highest BCUT2D eigenvalue weighted by Gasteiger charge is 2.23. The van der Waals surface area contributed by atoms with Crippen LogP contribution in [0.4, 0.5) is 0 Å². The van der Waals surface area contributed by atoms with Crippen molar-refractivity contribution in [2.75, 3.05) is 6.26 Å². The summed E-state index contributed by atoms with van der Waals surface area (Å²) >= 11 is 3.09. The molecule has 3 rings (SSSR count). The van der Waals surface area contributed by atoms with Crippen molar-refractivity contribution >= 4 is 33.4 Å². The van der Waals surface area contributed by atoms with Crippen LogP contribution in [0.25, 0.3) is 16.0 Å². The lowest BCUT2D eigenvalue weighted by Crippen LogP contribution is -2.32. The van der Waals surface area contributed by atoms with Crippen molar-refractivity contribution in [2.24, 2.45) is 0 Å². The second-order valence-electron chi connectivity index (χ2n) is 4.13. The monoisotopic (exact) mass is 290 g/mol. The molecular weight excluding hydrogens is 278 g/mol. The zero-order valence-electron chi connectivity index (χ0n) is 10.5. The first kappa shape index (κ1) is 12.4. The zero-order valence-corrected chi connectivity index (χ0v) is 12.1. The number of nitrogens with one attached hydrogen (secondary N) is 1. The fourth-order valence-electron chi connectivity index (χ4n) is 1.98. The van der Waals surface area contributed by atoms with E-state index < -0.39 is 0 Å². The van der Waals surface area contributed by atoms with E-state index in [4.69, 9.17) is 0 Å². The van der Waals surface area contributed by atoms with Gasteiger partial charge in [-0.05, 0) is 35.9 Å². The van der Waals surface area contributed by atoms with Gasteiger partial charge in [0.25, 0.3) is 5.56 Å². The molecule has 6 heteroatoms. The molecule has 0 radical (unpaired) electrons. The van der Waals surface area contributed by atoms with Gasteiger partial charge in [0.05, 0.1) is 0 Å². The van der Waals surface area contributed by atoms with Crippen LogP contribution in [0.15, 0.2) is 39.7 Å². The number of benzene rings is 1. The van der Waals surface area contributed by atoms with Gasteiger partial charge in [-0.3, -0.25) is 9.78 Å². The van der Waals surface area contributed by atoms with E-state index in [0.29, 0.717) is 10.3 Å². The predicted molar refractivity (Wildman–Crippen MR) is 78.3 cm³/mol. The maximum Gasteiger partial charge on any atom is 0.354 e. The SMILES string of the molecule is CSc1sc2c(=O)[nH]cnc2[n+]1-c1cccc(C)c1. The fourth-order valence-corrected chi connectivity index (χ4v) is 3.78. The van der Waals surface area contributed by atoms with E-state index in [1.165, 1.54) is 23.2 Å². The molecule has 0 aliphatic heterocycles. The Hall–Kier alpha value is -1.66. The van der Waals surface area contributed by atoms with Crippen LogP contribution in [0.1, 0.15) is 5.56 Å². The van der Waals surface area contributed by atoms with Gasteiger partial charge in [-0.2, -0.15) is 4.57 Å². The molecule has 0 atom stereocenters. The second-order valence-corrected chi connectivity index (χ2v) is 6.18. The number of aryl methyl sites for hydroxylation is 1. The lowest BCUT2D eigenvalue weighted by atomic mass is 10.2. The van der Waals surface area contributed by atoms with Crippen LogP contribution >= 0.6 is 23.1 Å². The summed E-state index contributed by atoms with van der Waals surface area (Å²) in [6.07, 6.45) is 3.46. The number of aromatic amines is 1. The smallest absolute Gasteiger partial charge is 0.291 e. The Labute approximate surface area is 118 Å². The summed E-state index contributed by atoms with van der Waals surface area (Å²) in [6.45, 7) is 2.05. The highest BCUT2D eigenvalue weighted by molar-refractivity contribution is 8.00. The van der Waals surface area contributed by atoms with Crippen molar-refractivity contribution in [2.45, 2.75) is 11.3 Å². The number of thiazole rings is 1. The second kappa shape index (κ2) is 4.79. The Morgan fingerprint density at radius 3 is 3.00 bits per heavy atom. The van der Waals surface area contributed by atoms with Crippen LogP contribution in [-0.2, 0) is 0 Å². The van der Waals surface area contributed by atoms with Gasteiger partial charge in [0.2, 0.25) is 10.7 Å². The average Bonchev–Trinajstić information content (AvgIpc) is 2.78. The van der Waals surface area contributed by atoms with Crippen molar-refractivity contribution < 1.29 is 4.57 Å². The standard InChI is InChI=1S/C13H11N3OS2/c1-8-4-3-5-9(6-8)16-11-10(19-13(16)18-2)12(17)15-7-14-11/h3-7H,1-2H3/p+1. The van der Waals surface area contributed by atoms with Crippen molar-refractivity contribution in [3.05, 3.63) is 46.5 Å². The third kappa shape index (κ3) is 2.06. The first-order chi connectivity index (χ1) is 9.20. The van der Waals surface area contributed by atoms with Crippen molar-refractivity contribution in [1.82, 2.24) is 9.97 Å². The van der Waals surface area contributed by atoms with E-state index in [9.17, 15) is 4.79 Å². The van der Waals surface area contributed by atoms with Gasteiger partial charge in [0.15, 0.2) is 4.70 Å². The minimum Gasteiger partial charge on any atom is -0.291 e. The summed E-state index contributed by atoms with van der Waals surface area (Å²) in [5.41, 5.74) is 2.84. The third-order valence-corrected chi connectivity index (χ3v) is 5.02. The highest BCUT2D eigenvalue weighted by Crippen LogP contribution is 2.24. The predicted octanol–water partition coefficient (Wildman–Crippen LogP) is 2.29. The summed E-state index contributed by atoms with van der Waals surface area (Å²) in [7, 11) is 0. The molecule has 96 valence electrons. The topological polar surface area (TPSA) is 49.6 Å². The van der Waals surface area contributed by atoms with Gasteiger partial charge < -0.3 is 0 Å². The summed E-state index contributed by atoms with van der Waals surface area (Å²) in [6, 6.07) is 8.19. The normalized spacial score (nSPS) is 11.1. The molecule has 3 aromatic rings. The molecule has 0 saturated heterocycles. The van der Waals surface area contributed by atoms with Crippen molar-refractivity contribution in [1.29, 1.82) is 0 Å². The van der Waals surface area contributed by atoms with Crippen LogP contribution in [0.2, 0.25) is 0 Å². The number of rotatable bonds is 2. The van der Waals surface area contributed by atoms with Crippen LogP contribution in [-0.4, -0.2) is 16.2 Å². The van der Waals surface area contributed by atoms with E-state index in [2.05, 4.69) is 29.0 Å². The number of hydrogen-bond acceptors (Lipinski definition) is 4. The highest BCUT2D eigenvalue weighted by atomic mass is 32.2. The molecule has 2 aromatic heterocycles. The van der Waals surface area contributed by atoms with Gasteiger partial charge in [-0.15, -0.1) is 0 Å². The lowest BCUT2D eigenvalue weighted by Gasteiger charge is -2.00. The Balaban J connectivity index is 2.39. The summed E-state index contributed by atoms with van der Waals surface area (Å²) in [5, 5.41) is 0. The van der Waals surface area contributed by atoms with Crippen LogP contribution in [0, 0.1) is 6.92 Å². The average molecular weight is 290 g/mol. The van der Waals surface area contributed by atoms with Gasteiger partial charge in [-0.25, -0.2) is 0 Å². The number of H-pyrrole nitrogens is 1. The Morgan fingerprint density at radius 2 is 2.26 bits per heavy atom. The van der Waals surface area contributed by atoms with E-state index in [0.717, 1.165) is 10.0 Å². The molecule has 0 aliphatic rings. The molecule has 1 N–H and O–H groups in total. The van der Waals surface area contributed by atoms with Gasteiger partial charge in [0.1, 0.15) is 5.69 Å². The number of fused-ring (bicyclic) bond motifs is 1. The number of thioether (sulfide) groups is 1. The van der Waals surface area contributed by atoms with Gasteiger partial charge >= 0.3 is 5.65 Å². The number of nitrogens with zero attached hydrogens (tertiary/aromatic N) is 2. The largest absolute Gasteiger partial charge is 0.354 e.